The Labute approximate surface area is 99.4 Å². The third-order valence-electron chi connectivity index (χ3n) is 2.35. The summed E-state index contributed by atoms with van der Waals surface area (Å²) in [5.74, 6) is 0.791. The zero-order valence-corrected chi connectivity index (χ0v) is 9.83. The monoisotopic (exact) mass is 247 g/mol. The molecule has 0 spiro atoms. The van der Waals surface area contributed by atoms with E-state index in [9.17, 15) is 4.21 Å². The Morgan fingerprint density at radius 3 is 2.94 bits per heavy atom. The molecule has 86 valence electrons. The van der Waals surface area contributed by atoms with E-state index in [1.54, 1.807) is 27.8 Å². The average molecular weight is 247 g/mol. The quantitative estimate of drug-likeness (QED) is 0.667. The number of nitrogens with zero attached hydrogens (tertiary/aromatic N) is 5. The van der Waals surface area contributed by atoms with Gasteiger partial charge in [-0.15, -0.1) is 5.10 Å². The number of hydrogen-bond donors (Lipinski definition) is 0. The highest BCUT2D eigenvalue weighted by Crippen LogP contribution is 2.12. The van der Waals surface area contributed by atoms with Gasteiger partial charge in [0.25, 0.3) is 0 Å². The van der Waals surface area contributed by atoms with Crippen molar-refractivity contribution in [3.8, 4) is 5.82 Å². The van der Waals surface area contributed by atoms with Crippen LogP contribution in [-0.2, 0) is 10.8 Å². The number of aromatic nitrogens is 5. The number of fused-ring (bicyclic) bond motifs is 1. The topological polar surface area (TPSA) is 65.1 Å². The van der Waals surface area contributed by atoms with Crippen molar-refractivity contribution in [1.29, 1.82) is 0 Å². The van der Waals surface area contributed by atoms with Crippen LogP contribution in [0.15, 0.2) is 41.9 Å². The molecule has 0 bridgehead atoms. The first-order chi connectivity index (χ1) is 8.25. The maximum absolute atomic E-state index is 11.4. The van der Waals surface area contributed by atoms with E-state index in [0.717, 1.165) is 11.3 Å². The van der Waals surface area contributed by atoms with Gasteiger partial charge in [0.2, 0.25) is 5.16 Å². The first kappa shape index (κ1) is 10.2. The van der Waals surface area contributed by atoms with Crippen molar-refractivity contribution in [2.24, 2.45) is 0 Å². The van der Waals surface area contributed by atoms with Gasteiger partial charge in [0.05, 0.1) is 22.5 Å². The molecule has 0 saturated heterocycles. The summed E-state index contributed by atoms with van der Waals surface area (Å²) in [5, 5.41) is 8.69. The Balaban J connectivity index is 2.26. The van der Waals surface area contributed by atoms with Gasteiger partial charge in [-0.3, -0.25) is 4.21 Å². The molecule has 0 N–H and O–H groups in total. The van der Waals surface area contributed by atoms with Crippen molar-refractivity contribution < 1.29 is 4.21 Å². The molecule has 3 aromatic heterocycles. The molecule has 6 nitrogen and oxygen atoms in total. The van der Waals surface area contributed by atoms with Crippen molar-refractivity contribution in [2.45, 2.75) is 5.16 Å². The van der Waals surface area contributed by atoms with Gasteiger partial charge in [-0.05, 0) is 18.2 Å². The van der Waals surface area contributed by atoms with Crippen LogP contribution in [-0.4, -0.2) is 34.8 Å². The first-order valence-corrected chi connectivity index (χ1v) is 6.50. The summed E-state index contributed by atoms with van der Waals surface area (Å²) >= 11 is 0. The van der Waals surface area contributed by atoms with Crippen LogP contribution in [0.4, 0.5) is 0 Å². The summed E-state index contributed by atoms with van der Waals surface area (Å²) in [4.78, 5) is 4.04. The largest absolute Gasteiger partial charge is 0.251 e. The summed E-state index contributed by atoms with van der Waals surface area (Å²) in [6.07, 6.45) is 6.72. The molecule has 0 amide bonds. The van der Waals surface area contributed by atoms with Crippen LogP contribution in [0.3, 0.4) is 0 Å². The van der Waals surface area contributed by atoms with Gasteiger partial charge < -0.3 is 0 Å². The summed E-state index contributed by atoms with van der Waals surface area (Å²) in [6, 6.07) is 5.61. The van der Waals surface area contributed by atoms with E-state index in [-0.39, 0.29) is 0 Å². The van der Waals surface area contributed by atoms with E-state index in [4.69, 9.17) is 0 Å². The van der Waals surface area contributed by atoms with Crippen LogP contribution in [0.1, 0.15) is 0 Å². The van der Waals surface area contributed by atoms with Gasteiger partial charge in [-0.1, -0.05) is 0 Å². The van der Waals surface area contributed by atoms with Crippen LogP contribution >= 0.6 is 0 Å². The lowest BCUT2D eigenvalue weighted by Gasteiger charge is -2.02. The molecular formula is C10H9N5OS. The summed E-state index contributed by atoms with van der Waals surface area (Å²) in [6.45, 7) is 0. The summed E-state index contributed by atoms with van der Waals surface area (Å²) in [7, 11) is -1.20. The number of rotatable bonds is 2. The molecule has 3 aromatic rings. The minimum atomic E-state index is -1.20. The second-order valence-electron chi connectivity index (χ2n) is 3.47. The van der Waals surface area contributed by atoms with Crippen molar-refractivity contribution >= 4 is 16.3 Å². The van der Waals surface area contributed by atoms with Crippen LogP contribution in [0.5, 0.6) is 0 Å². The minimum absolute atomic E-state index is 0.308. The minimum Gasteiger partial charge on any atom is -0.251 e. The lowest BCUT2D eigenvalue weighted by Crippen LogP contribution is -2.06. The zero-order valence-electron chi connectivity index (χ0n) is 9.02. The molecule has 0 radical (unpaired) electrons. The van der Waals surface area contributed by atoms with E-state index in [2.05, 4.69) is 15.2 Å². The zero-order chi connectivity index (χ0) is 11.8. The van der Waals surface area contributed by atoms with Crippen molar-refractivity contribution in [3.63, 3.8) is 0 Å². The summed E-state index contributed by atoms with van der Waals surface area (Å²) in [5.41, 5.74) is 0.838. The molecule has 17 heavy (non-hydrogen) atoms. The maximum atomic E-state index is 11.4. The van der Waals surface area contributed by atoms with Crippen molar-refractivity contribution in [3.05, 3.63) is 36.8 Å². The molecule has 0 aliphatic heterocycles. The molecule has 0 aliphatic rings. The van der Waals surface area contributed by atoms with Gasteiger partial charge in [-0.25, -0.2) is 14.2 Å². The first-order valence-electron chi connectivity index (χ1n) is 4.94. The van der Waals surface area contributed by atoms with E-state index in [0.29, 0.717) is 5.16 Å². The average Bonchev–Trinajstić information content (AvgIpc) is 2.96. The molecule has 1 unspecified atom stereocenters. The van der Waals surface area contributed by atoms with Crippen LogP contribution in [0, 0.1) is 0 Å². The Kier molecular flexibility index (Phi) is 2.25. The van der Waals surface area contributed by atoms with Gasteiger partial charge in [0.15, 0.2) is 5.82 Å². The second kappa shape index (κ2) is 3.77. The molecule has 0 aliphatic carbocycles. The SMILES string of the molecule is CS(=O)c1ncc2ccc(-n3cccn3)n2n1. The van der Waals surface area contributed by atoms with E-state index in [1.807, 2.05) is 24.4 Å². The Hall–Kier alpha value is -2.02. The Bertz CT molecular complexity index is 688. The fourth-order valence-corrected chi connectivity index (χ4v) is 1.98. The van der Waals surface area contributed by atoms with Gasteiger partial charge in [0.1, 0.15) is 0 Å². The Morgan fingerprint density at radius 1 is 1.35 bits per heavy atom. The smallest absolute Gasteiger partial charge is 0.237 e. The fraction of sp³-hybridized carbons (Fsp3) is 0.100. The molecular weight excluding hydrogens is 238 g/mol. The van der Waals surface area contributed by atoms with Crippen LogP contribution in [0.25, 0.3) is 11.3 Å². The highest BCUT2D eigenvalue weighted by Gasteiger charge is 2.08. The van der Waals surface area contributed by atoms with Gasteiger partial charge >= 0.3 is 0 Å². The van der Waals surface area contributed by atoms with E-state index < -0.39 is 10.8 Å². The normalized spacial score (nSPS) is 13.0. The maximum Gasteiger partial charge on any atom is 0.237 e. The van der Waals surface area contributed by atoms with Crippen molar-refractivity contribution in [1.82, 2.24) is 24.4 Å². The third kappa shape index (κ3) is 1.64. The molecule has 3 heterocycles. The molecule has 0 fully saturated rings. The molecule has 1 atom stereocenters. The lowest BCUT2D eigenvalue weighted by molar-refractivity contribution is 0.668. The van der Waals surface area contributed by atoms with Gasteiger partial charge in [-0.2, -0.15) is 5.10 Å². The van der Waals surface area contributed by atoms with E-state index >= 15 is 0 Å². The predicted octanol–water partition coefficient (Wildman–Crippen LogP) is 0.652. The molecule has 7 heteroatoms. The molecule has 3 rings (SSSR count). The van der Waals surface area contributed by atoms with Crippen LogP contribution in [0.2, 0.25) is 0 Å². The van der Waals surface area contributed by atoms with Crippen LogP contribution < -0.4 is 0 Å². The highest BCUT2D eigenvalue weighted by atomic mass is 32.2. The molecule has 0 saturated carbocycles. The van der Waals surface area contributed by atoms with Gasteiger partial charge in [0, 0.05) is 18.6 Å². The number of hydrogen-bond acceptors (Lipinski definition) is 4. The van der Waals surface area contributed by atoms with Crippen molar-refractivity contribution in [2.75, 3.05) is 6.26 Å². The third-order valence-corrected chi connectivity index (χ3v) is 3.06. The standard InChI is InChI=1S/C10H9N5OS/c1-17(16)10-11-7-8-3-4-9(15(8)13-10)14-6-2-5-12-14/h2-7H,1H3. The van der Waals surface area contributed by atoms with E-state index in [1.165, 1.54) is 0 Å². The predicted molar refractivity (Wildman–Crippen MR) is 62.4 cm³/mol. The fourth-order valence-electron chi connectivity index (χ4n) is 1.58. The summed E-state index contributed by atoms with van der Waals surface area (Å²) < 4.78 is 14.7. The Morgan fingerprint density at radius 2 is 2.24 bits per heavy atom. The highest BCUT2D eigenvalue weighted by molar-refractivity contribution is 7.84. The lowest BCUT2D eigenvalue weighted by atomic mass is 10.5. The second-order valence-corrected chi connectivity index (χ2v) is 4.75. The molecule has 0 aromatic carbocycles.